The Hall–Kier alpha value is -1.88. The molecule has 0 spiro atoms. The summed E-state index contributed by atoms with van der Waals surface area (Å²) < 4.78 is 1.85. The van der Waals surface area contributed by atoms with E-state index in [2.05, 4.69) is 11.8 Å². The second-order valence-corrected chi connectivity index (χ2v) is 5.66. The van der Waals surface area contributed by atoms with Crippen molar-refractivity contribution in [2.24, 2.45) is 0 Å². The highest BCUT2D eigenvalue weighted by molar-refractivity contribution is 5.85. The molecule has 0 aliphatic carbocycles. The van der Waals surface area contributed by atoms with Crippen molar-refractivity contribution in [2.45, 2.75) is 39.3 Å². The maximum Gasteiger partial charge on any atom is 0.328 e. The molecule has 2 rings (SSSR count). The van der Waals surface area contributed by atoms with Crippen LogP contribution in [-0.2, 0) is 17.8 Å². The molecule has 1 aliphatic rings. The van der Waals surface area contributed by atoms with Crippen LogP contribution >= 0.6 is 0 Å². The molecule has 0 aromatic carbocycles. The number of carboxylic acids is 1. The monoisotopic (exact) mass is 290 g/mol. The number of likely N-dealkylation sites (N-methyl/N-ethyl adjacent to an activating group) is 1. The number of fused-ring (bicyclic) bond motifs is 1. The molecular weight excluding hydrogens is 268 g/mol. The Morgan fingerprint density at radius 3 is 2.86 bits per heavy atom. The van der Waals surface area contributed by atoms with Gasteiger partial charge in [-0.2, -0.15) is 0 Å². The normalized spacial score (nSPS) is 16.9. The maximum atomic E-state index is 12.6. The van der Waals surface area contributed by atoms with Crippen LogP contribution in [0, 0.1) is 0 Å². The van der Waals surface area contributed by atoms with Crippen LogP contribution in [0.2, 0.25) is 0 Å². The summed E-state index contributed by atoms with van der Waals surface area (Å²) in [7, 11) is 2.05. The second kappa shape index (κ2) is 6.26. The first-order valence-corrected chi connectivity index (χ1v) is 7.30. The second-order valence-electron chi connectivity index (χ2n) is 5.66. The molecule has 1 unspecified atom stereocenters. The van der Waals surface area contributed by atoms with Gasteiger partial charge in [0.2, 0.25) is 0 Å². The average molecular weight is 290 g/mol. The maximum absolute atomic E-state index is 12.6. The van der Waals surface area contributed by atoms with Gasteiger partial charge in [-0.15, -0.1) is 0 Å². The van der Waals surface area contributed by atoms with Gasteiger partial charge in [-0.25, -0.2) is 4.79 Å². The van der Waals surface area contributed by atoms with E-state index in [1.54, 1.807) is 0 Å². The van der Waals surface area contributed by atoms with Crippen molar-refractivity contribution in [3.8, 4) is 0 Å². The van der Waals surface area contributed by atoms with Gasteiger partial charge >= 0.3 is 5.97 Å². The molecule has 1 N–H and O–H groups in total. The summed E-state index contributed by atoms with van der Waals surface area (Å²) in [6, 6.07) is 1.96. The van der Waals surface area contributed by atoms with E-state index in [0.29, 0.717) is 5.56 Å². The van der Waals surface area contributed by atoms with Crippen LogP contribution in [-0.4, -0.2) is 34.1 Å². The molecule has 1 aliphatic heterocycles. The van der Waals surface area contributed by atoms with Gasteiger partial charge in [-0.1, -0.05) is 6.92 Å². The van der Waals surface area contributed by atoms with Crippen molar-refractivity contribution in [2.75, 3.05) is 13.6 Å². The first-order valence-electron chi connectivity index (χ1n) is 7.30. The van der Waals surface area contributed by atoms with E-state index >= 15 is 0 Å². The Kier molecular flexibility index (Phi) is 4.63. The average Bonchev–Trinajstić information content (AvgIpc) is 2.44. The minimum atomic E-state index is -1.04. The number of pyridine rings is 1. The first kappa shape index (κ1) is 15.5. The van der Waals surface area contributed by atoms with Crippen LogP contribution in [0.5, 0.6) is 0 Å². The third-order valence-electron chi connectivity index (χ3n) is 4.06. The fourth-order valence-electron chi connectivity index (χ4n) is 2.76. The number of aliphatic carboxylic acids is 1. The van der Waals surface area contributed by atoms with Gasteiger partial charge in [0.05, 0.1) is 0 Å². The number of carboxylic acid groups (broad SMARTS) is 1. The van der Waals surface area contributed by atoms with Crippen molar-refractivity contribution in [1.82, 2.24) is 9.47 Å². The zero-order chi connectivity index (χ0) is 15.6. The minimum absolute atomic E-state index is 0.0925. The lowest BCUT2D eigenvalue weighted by atomic mass is 10.0. The molecule has 0 radical (unpaired) electrons. The molecule has 0 fully saturated rings. The van der Waals surface area contributed by atoms with E-state index in [1.165, 1.54) is 6.08 Å². The molecule has 0 saturated carbocycles. The summed E-state index contributed by atoms with van der Waals surface area (Å²) in [5, 5.41) is 8.77. The third-order valence-corrected chi connectivity index (χ3v) is 4.06. The number of nitrogens with zero attached hydrogens (tertiary/aromatic N) is 2. The van der Waals surface area contributed by atoms with Crippen LogP contribution in [0.1, 0.15) is 43.1 Å². The van der Waals surface area contributed by atoms with Crippen molar-refractivity contribution >= 4 is 12.0 Å². The van der Waals surface area contributed by atoms with Crippen molar-refractivity contribution < 1.29 is 9.90 Å². The van der Waals surface area contributed by atoms with Gasteiger partial charge in [0.25, 0.3) is 5.56 Å². The number of hydrogen-bond donors (Lipinski definition) is 1. The number of hydrogen-bond acceptors (Lipinski definition) is 3. The Morgan fingerprint density at radius 1 is 1.52 bits per heavy atom. The van der Waals surface area contributed by atoms with E-state index in [1.807, 2.05) is 24.6 Å². The van der Waals surface area contributed by atoms with Gasteiger partial charge in [0, 0.05) is 42.9 Å². The lowest BCUT2D eigenvalue weighted by Crippen LogP contribution is -2.36. The molecule has 1 atom stereocenters. The van der Waals surface area contributed by atoms with E-state index in [4.69, 9.17) is 5.11 Å². The number of aromatic nitrogens is 1. The van der Waals surface area contributed by atoms with E-state index in [-0.39, 0.29) is 11.6 Å². The zero-order valence-corrected chi connectivity index (χ0v) is 12.8. The summed E-state index contributed by atoms with van der Waals surface area (Å²) in [6.07, 6.45) is 4.15. The molecule has 1 aromatic rings. The summed E-state index contributed by atoms with van der Waals surface area (Å²) in [6.45, 7) is 5.82. The fraction of sp³-hybridized carbons (Fsp3) is 0.500. The Bertz CT molecular complexity index is 631. The molecule has 1 aromatic heterocycles. The standard InChI is InChI=1S/C16H22N2O3/c1-4-11(2)18-14-7-8-17(3)10-13(14)9-12(16(18)21)5-6-15(19)20/h5-6,9,11H,4,7-8,10H2,1-3H3,(H,19,20)/b6-5+. The first-order chi connectivity index (χ1) is 9.93. The summed E-state index contributed by atoms with van der Waals surface area (Å²) >= 11 is 0. The fourth-order valence-corrected chi connectivity index (χ4v) is 2.76. The topological polar surface area (TPSA) is 62.5 Å². The zero-order valence-electron chi connectivity index (χ0n) is 12.8. The Morgan fingerprint density at radius 2 is 2.24 bits per heavy atom. The predicted molar refractivity (Wildman–Crippen MR) is 82.4 cm³/mol. The van der Waals surface area contributed by atoms with Crippen molar-refractivity contribution in [3.63, 3.8) is 0 Å². The van der Waals surface area contributed by atoms with Crippen LogP contribution in [0.4, 0.5) is 0 Å². The van der Waals surface area contributed by atoms with E-state index < -0.39 is 5.97 Å². The van der Waals surface area contributed by atoms with Crippen molar-refractivity contribution in [1.29, 1.82) is 0 Å². The largest absolute Gasteiger partial charge is 0.478 e. The summed E-state index contributed by atoms with van der Waals surface area (Å²) in [5.41, 5.74) is 2.57. The third kappa shape index (κ3) is 3.24. The molecule has 0 amide bonds. The molecule has 114 valence electrons. The molecule has 2 heterocycles. The predicted octanol–water partition coefficient (Wildman–Crippen LogP) is 1.91. The lowest BCUT2D eigenvalue weighted by molar-refractivity contribution is -0.131. The van der Waals surface area contributed by atoms with Gasteiger partial charge in [0.15, 0.2) is 0 Å². The van der Waals surface area contributed by atoms with Crippen LogP contribution in [0.25, 0.3) is 6.08 Å². The minimum Gasteiger partial charge on any atom is -0.478 e. The molecule has 5 nitrogen and oxygen atoms in total. The molecule has 21 heavy (non-hydrogen) atoms. The van der Waals surface area contributed by atoms with Gasteiger partial charge in [0.1, 0.15) is 0 Å². The summed E-state index contributed by atoms with van der Waals surface area (Å²) in [4.78, 5) is 25.5. The van der Waals surface area contributed by atoms with Crippen LogP contribution in [0.15, 0.2) is 16.9 Å². The van der Waals surface area contributed by atoms with Crippen LogP contribution < -0.4 is 5.56 Å². The number of rotatable bonds is 4. The van der Waals surface area contributed by atoms with E-state index in [0.717, 1.165) is 43.3 Å². The Labute approximate surface area is 124 Å². The molecule has 5 heteroatoms. The highest BCUT2D eigenvalue weighted by atomic mass is 16.4. The van der Waals surface area contributed by atoms with Crippen molar-refractivity contribution in [3.05, 3.63) is 39.3 Å². The van der Waals surface area contributed by atoms with Crippen LogP contribution in [0.3, 0.4) is 0 Å². The molecule has 0 bridgehead atoms. The van der Waals surface area contributed by atoms with Gasteiger partial charge in [-0.3, -0.25) is 4.79 Å². The quantitative estimate of drug-likeness (QED) is 0.860. The smallest absolute Gasteiger partial charge is 0.328 e. The molecule has 0 saturated heterocycles. The summed E-state index contributed by atoms with van der Waals surface area (Å²) in [5.74, 6) is -1.04. The van der Waals surface area contributed by atoms with Gasteiger partial charge < -0.3 is 14.6 Å². The van der Waals surface area contributed by atoms with Gasteiger partial charge in [-0.05, 0) is 38.1 Å². The lowest BCUT2D eigenvalue weighted by Gasteiger charge is -2.30. The van der Waals surface area contributed by atoms with E-state index in [9.17, 15) is 9.59 Å². The molecular formula is C16H22N2O3. The highest BCUT2D eigenvalue weighted by Crippen LogP contribution is 2.22. The number of carbonyl (C=O) groups is 1. The highest BCUT2D eigenvalue weighted by Gasteiger charge is 2.21. The SMILES string of the molecule is CCC(C)n1c2c(cc(/C=C/C(=O)O)c1=O)CN(C)CC2. The Balaban J connectivity index is 2.61.